The minimum Gasteiger partial charge on any atom is -0.386 e. The van der Waals surface area contributed by atoms with Crippen LogP contribution in [-0.2, 0) is 10.3 Å². The third kappa shape index (κ3) is 2.91. The summed E-state index contributed by atoms with van der Waals surface area (Å²) in [4.78, 5) is 8.58. The average Bonchev–Trinajstić information content (AvgIpc) is 2.47. The molecule has 4 nitrogen and oxygen atoms in total. The summed E-state index contributed by atoms with van der Waals surface area (Å²) in [5.41, 5.74) is 8.52. The van der Waals surface area contributed by atoms with E-state index in [-0.39, 0.29) is 0 Å². The number of hydrogen-bond acceptors (Lipinski definition) is 4. The van der Waals surface area contributed by atoms with Gasteiger partial charge in [-0.2, -0.15) is 0 Å². The lowest BCUT2D eigenvalue weighted by Crippen LogP contribution is -2.37. The van der Waals surface area contributed by atoms with Crippen LogP contribution < -0.4 is 5.73 Å². The molecule has 0 radical (unpaired) electrons. The number of pyridine rings is 1. The molecule has 1 aromatic carbocycles. The van der Waals surface area contributed by atoms with E-state index in [1.807, 2.05) is 37.3 Å². The Balaban J connectivity index is 2.03. The number of amidine groups is 1. The zero-order valence-corrected chi connectivity index (χ0v) is 12.5. The van der Waals surface area contributed by atoms with Gasteiger partial charge in [0.15, 0.2) is 0 Å². The molecule has 1 aliphatic heterocycles. The number of nitrogens with zero attached hydrogens (tertiary/aromatic N) is 2. The summed E-state index contributed by atoms with van der Waals surface area (Å²) in [6, 6.07) is 12.0. The first-order valence-corrected chi connectivity index (χ1v) is 7.09. The molecule has 0 bridgehead atoms. The number of ether oxygens (including phenoxy) is 1. The van der Waals surface area contributed by atoms with Crippen molar-refractivity contribution >= 4 is 17.4 Å². The van der Waals surface area contributed by atoms with Crippen molar-refractivity contribution in [2.24, 2.45) is 10.7 Å². The van der Waals surface area contributed by atoms with Crippen LogP contribution in [0.3, 0.4) is 0 Å². The highest BCUT2D eigenvalue weighted by Gasteiger charge is 2.30. The van der Waals surface area contributed by atoms with E-state index in [0.717, 1.165) is 16.7 Å². The van der Waals surface area contributed by atoms with Gasteiger partial charge in [0.05, 0.1) is 6.61 Å². The van der Waals surface area contributed by atoms with Crippen LogP contribution in [0.2, 0.25) is 5.15 Å². The van der Waals surface area contributed by atoms with Gasteiger partial charge in [0.2, 0.25) is 0 Å². The predicted molar refractivity (Wildman–Crippen MR) is 84.5 cm³/mol. The minimum absolute atomic E-state index is 0.398. The molecule has 0 spiro atoms. The van der Waals surface area contributed by atoms with E-state index in [1.165, 1.54) is 0 Å². The Kier molecular flexibility index (Phi) is 3.66. The number of rotatable bonds is 2. The molecular weight excluding hydrogens is 286 g/mol. The van der Waals surface area contributed by atoms with E-state index in [4.69, 9.17) is 22.1 Å². The van der Waals surface area contributed by atoms with Crippen molar-refractivity contribution in [2.75, 3.05) is 13.2 Å². The highest BCUT2D eigenvalue weighted by Crippen LogP contribution is 2.31. The van der Waals surface area contributed by atoms with Gasteiger partial charge in [-0.15, -0.1) is 0 Å². The highest BCUT2D eigenvalue weighted by molar-refractivity contribution is 6.29. The molecule has 2 N–H and O–H groups in total. The predicted octanol–water partition coefficient (Wildman–Crippen LogP) is 3.00. The fourth-order valence-corrected chi connectivity index (χ4v) is 2.67. The van der Waals surface area contributed by atoms with Crippen molar-refractivity contribution in [3.63, 3.8) is 0 Å². The second kappa shape index (κ2) is 5.47. The monoisotopic (exact) mass is 301 g/mol. The molecule has 0 amide bonds. The SMILES string of the molecule is CC1(c2cccc(-c3ccnc(Cl)c3)c2)COCC(N)=N1. The molecule has 0 saturated carbocycles. The Morgan fingerprint density at radius 1 is 1.24 bits per heavy atom. The molecule has 3 rings (SSSR count). The number of aromatic nitrogens is 1. The number of benzene rings is 1. The molecule has 1 aliphatic rings. The Morgan fingerprint density at radius 3 is 2.81 bits per heavy atom. The summed E-state index contributed by atoms with van der Waals surface area (Å²) in [7, 11) is 0. The van der Waals surface area contributed by atoms with Crippen LogP contribution in [0, 0.1) is 0 Å². The second-order valence-electron chi connectivity index (χ2n) is 5.32. The van der Waals surface area contributed by atoms with Crippen LogP contribution in [0.5, 0.6) is 0 Å². The van der Waals surface area contributed by atoms with Gasteiger partial charge in [0, 0.05) is 6.20 Å². The first kappa shape index (κ1) is 14.0. The molecule has 2 heterocycles. The molecule has 0 fully saturated rings. The van der Waals surface area contributed by atoms with Crippen LogP contribution >= 0.6 is 11.6 Å². The largest absolute Gasteiger partial charge is 0.386 e. The second-order valence-corrected chi connectivity index (χ2v) is 5.71. The minimum atomic E-state index is -0.449. The van der Waals surface area contributed by atoms with Crippen molar-refractivity contribution in [1.29, 1.82) is 0 Å². The third-order valence-corrected chi connectivity index (χ3v) is 3.77. The topological polar surface area (TPSA) is 60.5 Å². The summed E-state index contributed by atoms with van der Waals surface area (Å²) in [6.45, 7) is 2.95. The van der Waals surface area contributed by atoms with Crippen LogP contribution in [0.1, 0.15) is 12.5 Å². The van der Waals surface area contributed by atoms with Crippen LogP contribution in [-0.4, -0.2) is 24.0 Å². The number of hydrogen-bond donors (Lipinski definition) is 1. The van der Waals surface area contributed by atoms with Gasteiger partial charge in [0.25, 0.3) is 0 Å². The first-order valence-electron chi connectivity index (χ1n) is 6.71. The van der Waals surface area contributed by atoms with Gasteiger partial charge < -0.3 is 10.5 Å². The van der Waals surface area contributed by atoms with Crippen LogP contribution in [0.15, 0.2) is 47.6 Å². The molecule has 0 saturated heterocycles. The lowest BCUT2D eigenvalue weighted by atomic mass is 9.90. The first-order chi connectivity index (χ1) is 10.1. The molecular formula is C16H16ClN3O. The van der Waals surface area contributed by atoms with Gasteiger partial charge in [-0.05, 0) is 41.8 Å². The molecule has 0 aliphatic carbocycles. The Hall–Kier alpha value is -1.91. The lowest BCUT2D eigenvalue weighted by molar-refractivity contribution is 0.106. The zero-order valence-electron chi connectivity index (χ0n) is 11.7. The summed E-state index contributed by atoms with van der Waals surface area (Å²) < 4.78 is 5.53. The maximum atomic E-state index is 5.96. The molecule has 108 valence electrons. The average molecular weight is 302 g/mol. The standard InChI is InChI=1S/C16H16ClN3O/c1-16(10-21-9-15(18)20-16)13-4-2-3-11(7-13)12-5-6-19-14(17)8-12/h2-8H,9-10H2,1H3,(H2,18,20). The van der Waals surface area contributed by atoms with E-state index < -0.39 is 5.54 Å². The summed E-state index contributed by atoms with van der Waals surface area (Å²) in [5, 5.41) is 0.479. The normalized spacial score (nSPS) is 21.9. The van der Waals surface area contributed by atoms with Crippen molar-refractivity contribution in [2.45, 2.75) is 12.5 Å². The summed E-state index contributed by atoms with van der Waals surface area (Å²) in [6.07, 6.45) is 1.70. The molecule has 2 aromatic rings. The van der Waals surface area contributed by atoms with E-state index in [2.05, 4.69) is 16.0 Å². The Labute approximate surface area is 128 Å². The molecule has 1 atom stereocenters. The van der Waals surface area contributed by atoms with Gasteiger partial charge in [-0.3, -0.25) is 4.99 Å². The zero-order chi connectivity index (χ0) is 14.9. The maximum Gasteiger partial charge on any atom is 0.129 e. The van der Waals surface area contributed by atoms with Crippen molar-refractivity contribution < 1.29 is 4.74 Å². The number of nitrogens with two attached hydrogens (primary N) is 1. The van der Waals surface area contributed by atoms with Gasteiger partial charge in [0.1, 0.15) is 23.1 Å². The van der Waals surface area contributed by atoms with E-state index in [0.29, 0.717) is 24.2 Å². The molecule has 21 heavy (non-hydrogen) atoms. The van der Waals surface area contributed by atoms with Crippen molar-refractivity contribution in [3.05, 3.63) is 53.3 Å². The van der Waals surface area contributed by atoms with Crippen LogP contribution in [0.4, 0.5) is 0 Å². The smallest absolute Gasteiger partial charge is 0.129 e. The molecule has 1 aromatic heterocycles. The van der Waals surface area contributed by atoms with E-state index in [9.17, 15) is 0 Å². The number of aliphatic imine (C=N–C) groups is 1. The Morgan fingerprint density at radius 2 is 2.05 bits per heavy atom. The van der Waals surface area contributed by atoms with Gasteiger partial charge in [-0.25, -0.2) is 4.98 Å². The maximum absolute atomic E-state index is 5.96. The summed E-state index contributed by atoms with van der Waals surface area (Å²) in [5.74, 6) is 0.529. The number of halogens is 1. The van der Waals surface area contributed by atoms with Gasteiger partial charge in [-0.1, -0.05) is 29.8 Å². The van der Waals surface area contributed by atoms with E-state index >= 15 is 0 Å². The quantitative estimate of drug-likeness (QED) is 0.867. The third-order valence-electron chi connectivity index (χ3n) is 3.57. The van der Waals surface area contributed by atoms with Gasteiger partial charge >= 0.3 is 0 Å². The van der Waals surface area contributed by atoms with E-state index in [1.54, 1.807) is 6.20 Å². The van der Waals surface area contributed by atoms with Crippen molar-refractivity contribution in [3.8, 4) is 11.1 Å². The van der Waals surface area contributed by atoms with Crippen molar-refractivity contribution in [1.82, 2.24) is 4.98 Å². The fourth-order valence-electron chi connectivity index (χ4n) is 2.50. The van der Waals surface area contributed by atoms with Crippen LogP contribution in [0.25, 0.3) is 11.1 Å². The lowest BCUT2D eigenvalue weighted by Gasteiger charge is -2.30. The fraction of sp³-hybridized carbons (Fsp3) is 0.250. The molecule has 1 unspecified atom stereocenters. The summed E-state index contributed by atoms with van der Waals surface area (Å²) >= 11 is 5.96. The highest BCUT2D eigenvalue weighted by atomic mass is 35.5. The molecule has 5 heteroatoms. The Bertz CT molecular complexity index is 701.